The number of ether oxygens (including phenoxy) is 2. The Morgan fingerprint density at radius 2 is 1.70 bits per heavy atom. The minimum Gasteiger partial charge on any atom is -0.486 e. The molecule has 30 heavy (non-hydrogen) atoms. The minimum atomic E-state index is -1.27. The Morgan fingerprint density at radius 1 is 1.10 bits per heavy atom. The molecule has 0 bridgehead atoms. The molecule has 0 saturated carbocycles. The highest BCUT2D eigenvalue weighted by atomic mass is 16.6. The zero-order valence-electron chi connectivity index (χ0n) is 18.4. The van der Waals surface area contributed by atoms with Crippen molar-refractivity contribution >= 4 is 17.8 Å². The Labute approximate surface area is 177 Å². The predicted octanol–water partition coefficient (Wildman–Crippen LogP) is 2.37. The molecule has 164 valence electrons. The largest absolute Gasteiger partial charge is 0.486 e. The van der Waals surface area contributed by atoms with Crippen molar-refractivity contribution in [2.45, 2.75) is 40.2 Å². The van der Waals surface area contributed by atoms with Crippen LogP contribution in [0.4, 0.5) is 4.79 Å². The maximum Gasteiger partial charge on any atom is 0.325 e. The average molecular weight is 418 g/mol. The second kappa shape index (κ2) is 8.53. The first-order chi connectivity index (χ1) is 14.1. The van der Waals surface area contributed by atoms with Crippen LogP contribution in [0.25, 0.3) is 0 Å². The number of hydrogen-bond donors (Lipinski definition) is 1. The molecule has 8 heteroatoms. The number of imide groups is 1. The summed E-state index contributed by atoms with van der Waals surface area (Å²) in [6.07, 6.45) is 0. The van der Waals surface area contributed by atoms with Crippen molar-refractivity contribution in [1.82, 2.24) is 15.1 Å². The smallest absolute Gasteiger partial charge is 0.325 e. The van der Waals surface area contributed by atoms with Crippen molar-refractivity contribution in [3.05, 3.63) is 23.8 Å². The lowest BCUT2D eigenvalue weighted by molar-refractivity contribution is -0.139. The molecule has 0 aromatic heterocycles. The fourth-order valence-corrected chi connectivity index (χ4v) is 3.79. The first-order valence-electron chi connectivity index (χ1n) is 10.4. The molecule has 8 nitrogen and oxygen atoms in total. The average Bonchev–Trinajstić information content (AvgIpc) is 2.90. The van der Waals surface area contributed by atoms with Crippen LogP contribution in [-0.4, -0.2) is 60.5 Å². The van der Waals surface area contributed by atoms with Crippen molar-refractivity contribution in [3.8, 4) is 11.5 Å². The number of urea groups is 1. The van der Waals surface area contributed by atoms with Crippen molar-refractivity contribution in [2.75, 3.05) is 32.8 Å². The van der Waals surface area contributed by atoms with Crippen LogP contribution in [-0.2, 0) is 15.1 Å². The monoisotopic (exact) mass is 417 g/mol. The van der Waals surface area contributed by atoms with Gasteiger partial charge in [0.05, 0.1) is 0 Å². The molecule has 0 spiro atoms. The summed E-state index contributed by atoms with van der Waals surface area (Å²) in [4.78, 5) is 41.5. The van der Waals surface area contributed by atoms with Gasteiger partial charge in [-0.1, -0.05) is 33.8 Å². The van der Waals surface area contributed by atoms with Crippen LogP contribution in [0.15, 0.2) is 18.2 Å². The number of carbonyl (C=O) groups is 3. The van der Waals surface area contributed by atoms with Gasteiger partial charge in [0.1, 0.15) is 25.3 Å². The lowest BCUT2D eigenvalue weighted by atomic mass is 9.91. The SMILES string of the molecule is CC(C)CN(CC(C)C)C(=O)CN1C(=O)NC(C)(c2ccc3c(c2)OCCO3)C1=O. The molecule has 1 atom stereocenters. The number of fused-ring (bicyclic) bond motifs is 1. The number of nitrogens with one attached hydrogen (secondary N) is 1. The molecule has 0 aliphatic carbocycles. The number of nitrogens with zero attached hydrogens (tertiary/aromatic N) is 2. The van der Waals surface area contributed by atoms with Crippen molar-refractivity contribution in [1.29, 1.82) is 0 Å². The van der Waals surface area contributed by atoms with E-state index in [4.69, 9.17) is 9.47 Å². The van der Waals surface area contributed by atoms with Gasteiger partial charge in [0.25, 0.3) is 5.91 Å². The van der Waals surface area contributed by atoms with Gasteiger partial charge in [-0.25, -0.2) is 4.79 Å². The van der Waals surface area contributed by atoms with Crippen LogP contribution in [0.1, 0.15) is 40.2 Å². The predicted molar refractivity (Wildman–Crippen MR) is 111 cm³/mol. The number of hydrogen-bond acceptors (Lipinski definition) is 5. The van der Waals surface area contributed by atoms with Crippen LogP contribution in [0.2, 0.25) is 0 Å². The molecule has 2 aliphatic rings. The summed E-state index contributed by atoms with van der Waals surface area (Å²) in [6.45, 7) is 11.6. The molecule has 2 heterocycles. The molecule has 1 unspecified atom stereocenters. The Hall–Kier alpha value is -2.77. The minimum absolute atomic E-state index is 0.229. The summed E-state index contributed by atoms with van der Waals surface area (Å²) >= 11 is 0. The molecule has 1 N–H and O–H groups in total. The van der Waals surface area contributed by atoms with Gasteiger partial charge in [-0.15, -0.1) is 0 Å². The maximum absolute atomic E-state index is 13.2. The summed E-state index contributed by atoms with van der Waals surface area (Å²) in [7, 11) is 0. The van der Waals surface area contributed by atoms with E-state index in [1.807, 2.05) is 27.7 Å². The molecule has 1 fully saturated rings. The summed E-state index contributed by atoms with van der Waals surface area (Å²) in [5.41, 5.74) is -0.685. The van der Waals surface area contributed by atoms with Gasteiger partial charge in [-0.3, -0.25) is 14.5 Å². The number of carbonyl (C=O) groups excluding carboxylic acids is 3. The molecular formula is C22H31N3O5. The topological polar surface area (TPSA) is 88.2 Å². The molecule has 1 aromatic rings. The lowest BCUT2D eigenvalue weighted by Crippen LogP contribution is -2.46. The normalized spacial score (nSPS) is 20.7. The Bertz CT molecular complexity index is 828. The fourth-order valence-electron chi connectivity index (χ4n) is 3.79. The van der Waals surface area contributed by atoms with E-state index in [0.29, 0.717) is 55.2 Å². The number of amides is 4. The van der Waals surface area contributed by atoms with E-state index in [2.05, 4.69) is 5.32 Å². The first kappa shape index (κ1) is 21.9. The van der Waals surface area contributed by atoms with Gasteiger partial charge in [0, 0.05) is 13.1 Å². The zero-order chi connectivity index (χ0) is 22.1. The van der Waals surface area contributed by atoms with E-state index in [1.54, 1.807) is 30.0 Å². The molecule has 1 aromatic carbocycles. The second-order valence-electron chi connectivity index (χ2n) is 8.89. The molecule has 0 radical (unpaired) electrons. The van der Waals surface area contributed by atoms with E-state index in [9.17, 15) is 14.4 Å². The molecular weight excluding hydrogens is 386 g/mol. The lowest BCUT2D eigenvalue weighted by Gasteiger charge is -2.28. The van der Waals surface area contributed by atoms with Gasteiger partial charge < -0.3 is 19.7 Å². The Kier molecular flexibility index (Phi) is 6.24. The quantitative estimate of drug-likeness (QED) is 0.688. The van der Waals surface area contributed by atoms with E-state index in [0.717, 1.165) is 4.90 Å². The third-order valence-corrected chi connectivity index (χ3v) is 5.21. The van der Waals surface area contributed by atoms with Crippen LogP contribution in [0.5, 0.6) is 11.5 Å². The third kappa shape index (κ3) is 4.37. The zero-order valence-corrected chi connectivity index (χ0v) is 18.4. The third-order valence-electron chi connectivity index (χ3n) is 5.21. The van der Waals surface area contributed by atoms with E-state index in [1.165, 1.54) is 0 Å². The number of rotatable bonds is 7. The second-order valence-corrected chi connectivity index (χ2v) is 8.89. The van der Waals surface area contributed by atoms with E-state index >= 15 is 0 Å². The highest BCUT2D eigenvalue weighted by Crippen LogP contribution is 2.36. The van der Waals surface area contributed by atoms with Gasteiger partial charge in [-0.2, -0.15) is 0 Å². The van der Waals surface area contributed by atoms with Crippen molar-refractivity contribution in [2.24, 2.45) is 11.8 Å². The Morgan fingerprint density at radius 3 is 2.30 bits per heavy atom. The summed E-state index contributed by atoms with van der Waals surface area (Å²) in [5.74, 6) is 1.04. The van der Waals surface area contributed by atoms with Crippen molar-refractivity contribution in [3.63, 3.8) is 0 Å². The van der Waals surface area contributed by atoms with E-state index < -0.39 is 17.5 Å². The summed E-state index contributed by atoms with van der Waals surface area (Å²) in [5, 5.41) is 2.75. The Balaban J connectivity index is 1.79. The highest BCUT2D eigenvalue weighted by Gasteiger charge is 2.50. The van der Waals surface area contributed by atoms with Crippen LogP contribution < -0.4 is 14.8 Å². The molecule has 2 aliphatic heterocycles. The van der Waals surface area contributed by atoms with Crippen LogP contribution >= 0.6 is 0 Å². The van der Waals surface area contributed by atoms with Crippen LogP contribution in [0, 0.1) is 11.8 Å². The van der Waals surface area contributed by atoms with Crippen LogP contribution in [0.3, 0.4) is 0 Å². The fraction of sp³-hybridized carbons (Fsp3) is 0.591. The van der Waals surface area contributed by atoms with Gasteiger partial charge in [0.15, 0.2) is 11.5 Å². The standard InChI is InChI=1S/C22H31N3O5/c1-14(2)11-24(12-15(3)4)19(26)13-25-20(27)22(5,23-21(25)28)16-6-7-17-18(10-16)30-9-8-29-17/h6-7,10,14-15H,8-9,11-13H2,1-5H3,(H,23,28). The maximum atomic E-state index is 13.2. The van der Waals surface area contributed by atoms with Crippen molar-refractivity contribution < 1.29 is 23.9 Å². The van der Waals surface area contributed by atoms with Gasteiger partial charge in [-0.05, 0) is 36.5 Å². The first-order valence-corrected chi connectivity index (χ1v) is 10.4. The summed E-state index contributed by atoms with van der Waals surface area (Å²) in [6, 6.07) is 4.61. The summed E-state index contributed by atoms with van der Waals surface area (Å²) < 4.78 is 11.1. The molecule has 4 amide bonds. The van der Waals surface area contributed by atoms with E-state index in [-0.39, 0.29) is 12.5 Å². The highest BCUT2D eigenvalue weighted by molar-refractivity contribution is 6.09. The molecule has 3 rings (SSSR count). The molecule has 1 saturated heterocycles. The number of benzene rings is 1. The van der Waals surface area contributed by atoms with Gasteiger partial charge in [0.2, 0.25) is 5.91 Å². The van der Waals surface area contributed by atoms with Gasteiger partial charge >= 0.3 is 6.03 Å².